The van der Waals surface area contributed by atoms with E-state index in [0.29, 0.717) is 19.3 Å². The van der Waals surface area contributed by atoms with E-state index >= 15 is 0 Å². The molecule has 96 valence electrons. The molecule has 0 spiro atoms. The number of hydrogen-bond donors (Lipinski definition) is 4. The maximum absolute atomic E-state index is 9.38. The summed E-state index contributed by atoms with van der Waals surface area (Å²) in [6.07, 6.45) is 0.445. The highest BCUT2D eigenvalue weighted by atomic mass is 16.3. The molecule has 4 N–H and O–H groups in total. The Kier molecular flexibility index (Phi) is 6.07. The highest BCUT2D eigenvalue weighted by Gasteiger charge is 2.07. The van der Waals surface area contributed by atoms with Crippen LogP contribution in [0.1, 0.15) is 17.0 Å². The zero-order valence-electron chi connectivity index (χ0n) is 9.71. The normalized spacial score (nSPS) is 12.7. The lowest BCUT2D eigenvalue weighted by molar-refractivity contribution is 0.0954. The van der Waals surface area contributed by atoms with Gasteiger partial charge in [0.05, 0.1) is 12.7 Å². The van der Waals surface area contributed by atoms with Gasteiger partial charge in [-0.05, 0) is 17.7 Å². The number of hydrogen-bond acceptors (Lipinski definition) is 5. The molecule has 0 aliphatic heterocycles. The first kappa shape index (κ1) is 14.1. The third kappa shape index (κ3) is 4.79. The number of pyridine rings is 1. The van der Waals surface area contributed by atoms with Crippen LogP contribution in [0.15, 0.2) is 12.1 Å². The van der Waals surface area contributed by atoms with Gasteiger partial charge in [-0.3, -0.25) is 4.98 Å². The summed E-state index contributed by atoms with van der Waals surface area (Å²) in [5.74, 6) is 0. The summed E-state index contributed by atoms with van der Waals surface area (Å²) in [6.45, 7) is -0.262. The maximum atomic E-state index is 9.38. The van der Waals surface area contributed by atoms with Crippen molar-refractivity contribution in [2.45, 2.75) is 25.4 Å². The smallest absolute Gasteiger partial charge is 0.0811 e. The molecule has 1 rings (SSSR count). The van der Waals surface area contributed by atoms with Crippen LogP contribution < -0.4 is 0 Å². The third-order valence-corrected chi connectivity index (χ3v) is 2.41. The Morgan fingerprint density at radius 3 is 1.94 bits per heavy atom. The fourth-order valence-electron chi connectivity index (χ4n) is 1.66. The number of aromatic nitrogens is 1. The van der Waals surface area contributed by atoms with Crippen molar-refractivity contribution in [1.82, 2.24) is 4.98 Å². The molecule has 1 heterocycles. The van der Waals surface area contributed by atoms with Crippen molar-refractivity contribution >= 4 is 0 Å². The Bertz CT molecular complexity index is 319. The molecule has 0 radical (unpaired) electrons. The summed E-state index contributed by atoms with van der Waals surface area (Å²) in [6, 6.07) is 3.60. The van der Waals surface area contributed by atoms with E-state index in [1.807, 2.05) is 0 Å². The molecule has 0 bridgehead atoms. The molecule has 17 heavy (non-hydrogen) atoms. The van der Waals surface area contributed by atoms with Crippen LogP contribution in [0.3, 0.4) is 0 Å². The van der Waals surface area contributed by atoms with Crippen molar-refractivity contribution in [3.8, 4) is 0 Å². The summed E-state index contributed by atoms with van der Waals surface area (Å²) in [5, 5.41) is 35.9. The first-order valence-electron chi connectivity index (χ1n) is 5.69. The van der Waals surface area contributed by atoms with Gasteiger partial charge in [-0.2, -0.15) is 0 Å². The van der Waals surface area contributed by atoms with Crippen LogP contribution in [0.5, 0.6) is 0 Å². The lowest BCUT2D eigenvalue weighted by Crippen LogP contribution is -2.16. The Labute approximate surface area is 100 Å². The Morgan fingerprint density at radius 2 is 1.53 bits per heavy atom. The van der Waals surface area contributed by atoms with E-state index in [0.717, 1.165) is 17.0 Å². The second kappa shape index (κ2) is 7.34. The van der Waals surface area contributed by atoms with Crippen LogP contribution in [-0.2, 0) is 19.3 Å². The summed E-state index contributed by atoms with van der Waals surface area (Å²) < 4.78 is 0. The largest absolute Gasteiger partial charge is 0.396 e. The zero-order valence-corrected chi connectivity index (χ0v) is 9.71. The Morgan fingerprint density at radius 1 is 1.00 bits per heavy atom. The number of nitrogens with zero attached hydrogens (tertiary/aromatic N) is 1. The molecule has 0 amide bonds. The minimum atomic E-state index is -0.790. The SMILES string of the molecule is OCCc1cc(CC(O)CO)cc(CCO)n1. The van der Waals surface area contributed by atoms with E-state index in [1.165, 1.54) is 0 Å². The van der Waals surface area contributed by atoms with Gasteiger partial charge in [-0.1, -0.05) is 0 Å². The van der Waals surface area contributed by atoms with E-state index in [9.17, 15) is 5.11 Å². The van der Waals surface area contributed by atoms with Gasteiger partial charge in [0.15, 0.2) is 0 Å². The van der Waals surface area contributed by atoms with Crippen LogP contribution in [0, 0.1) is 0 Å². The topological polar surface area (TPSA) is 93.8 Å². The summed E-state index contributed by atoms with van der Waals surface area (Å²) in [4.78, 5) is 4.28. The van der Waals surface area contributed by atoms with Crippen LogP contribution >= 0.6 is 0 Å². The molecule has 1 atom stereocenters. The monoisotopic (exact) mass is 241 g/mol. The molecule has 1 unspecified atom stereocenters. The van der Waals surface area contributed by atoms with Crippen LogP contribution in [0.2, 0.25) is 0 Å². The van der Waals surface area contributed by atoms with Gasteiger partial charge >= 0.3 is 0 Å². The van der Waals surface area contributed by atoms with Crippen molar-refractivity contribution in [1.29, 1.82) is 0 Å². The number of aliphatic hydroxyl groups excluding tert-OH is 4. The summed E-state index contributed by atoms with van der Waals surface area (Å²) in [7, 11) is 0. The molecule has 0 fully saturated rings. The van der Waals surface area contributed by atoms with Crippen molar-refractivity contribution < 1.29 is 20.4 Å². The van der Waals surface area contributed by atoms with E-state index in [2.05, 4.69) is 4.98 Å². The molecule has 0 aliphatic rings. The van der Waals surface area contributed by atoms with Crippen LogP contribution in [0.4, 0.5) is 0 Å². The quantitative estimate of drug-likeness (QED) is 0.494. The Hall–Kier alpha value is -1.01. The molecule has 0 saturated heterocycles. The van der Waals surface area contributed by atoms with Crippen molar-refractivity contribution in [3.63, 3.8) is 0 Å². The molecule has 5 nitrogen and oxygen atoms in total. The second-order valence-corrected chi connectivity index (χ2v) is 3.95. The van der Waals surface area contributed by atoms with Gasteiger partial charge in [-0.25, -0.2) is 0 Å². The van der Waals surface area contributed by atoms with Crippen molar-refractivity contribution in [2.75, 3.05) is 19.8 Å². The van der Waals surface area contributed by atoms with Crippen LogP contribution in [0.25, 0.3) is 0 Å². The molecular weight excluding hydrogens is 222 g/mol. The lowest BCUT2D eigenvalue weighted by Gasteiger charge is -2.10. The van der Waals surface area contributed by atoms with E-state index < -0.39 is 6.10 Å². The molecule has 0 saturated carbocycles. The standard InChI is InChI=1S/C12H19NO4/c14-3-1-10-5-9(7-12(17)8-16)6-11(13-10)2-4-15/h5-6,12,14-17H,1-4,7-8H2. The van der Waals surface area contributed by atoms with Gasteiger partial charge < -0.3 is 20.4 Å². The zero-order chi connectivity index (χ0) is 12.7. The van der Waals surface area contributed by atoms with Gasteiger partial charge in [0.25, 0.3) is 0 Å². The highest BCUT2D eigenvalue weighted by Crippen LogP contribution is 2.10. The summed E-state index contributed by atoms with van der Waals surface area (Å²) in [5.41, 5.74) is 2.32. The van der Waals surface area contributed by atoms with Crippen molar-refractivity contribution in [2.24, 2.45) is 0 Å². The van der Waals surface area contributed by atoms with Gasteiger partial charge in [0, 0.05) is 43.9 Å². The predicted molar refractivity (Wildman–Crippen MR) is 62.6 cm³/mol. The van der Waals surface area contributed by atoms with E-state index in [-0.39, 0.29) is 19.8 Å². The van der Waals surface area contributed by atoms with Gasteiger partial charge in [0.2, 0.25) is 0 Å². The van der Waals surface area contributed by atoms with E-state index in [1.54, 1.807) is 12.1 Å². The van der Waals surface area contributed by atoms with Gasteiger partial charge in [0.1, 0.15) is 0 Å². The van der Waals surface area contributed by atoms with E-state index in [4.69, 9.17) is 15.3 Å². The fourth-order valence-corrected chi connectivity index (χ4v) is 1.66. The van der Waals surface area contributed by atoms with Crippen molar-refractivity contribution in [3.05, 3.63) is 29.1 Å². The van der Waals surface area contributed by atoms with Gasteiger partial charge in [-0.15, -0.1) is 0 Å². The minimum absolute atomic E-state index is 0.0115. The first-order chi connectivity index (χ1) is 8.19. The minimum Gasteiger partial charge on any atom is -0.396 e. The third-order valence-electron chi connectivity index (χ3n) is 2.41. The molecule has 5 heteroatoms. The predicted octanol–water partition coefficient (Wildman–Crippen LogP) is -0.953. The highest BCUT2D eigenvalue weighted by molar-refractivity contribution is 5.23. The number of rotatable bonds is 7. The Balaban J connectivity index is 2.86. The maximum Gasteiger partial charge on any atom is 0.0811 e. The molecule has 1 aromatic heterocycles. The first-order valence-corrected chi connectivity index (χ1v) is 5.69. The average Bonchev–Trinajstić information content (AvgIpc) is 2.29. The van der Waals surface area contributed by atoms with Crippen LogP contribution in [-0.4, -0.2) is 51.3 Å². The second-order valence-electron chi connectivity index (χ2n) is 3.95. The lowest BCUT2D eigenvalue weighted by atomic mass is 10.1. The fraction of sp³-hybridized carbons (Fsp3) is 0.583. The summed E-state index contributed by atoms with van der Waals surface area (Å²) >= 11 is 0. The molecule has 0 aromatic carbocycles. The molecular formula is C12H19NO4. The number of aliphatic hydroxyl groups is 4. The molecule has 1 aromatic rings. The average molecular weight is 241 g/mol. The molecule has 0 aliphatic carbocycles.